The first-order chi connectivity index (χ1) is 7.96. The van der Waals surface area contributed by atoms with Crippen LogP contribution in [-0.4, -0.2) is 29.1 Å². The molecule has 0 bridgehead atoms. The average Bonchev–Trinajstić information content (AvgIpc) is 2.27. The summed E-state index contributed by atoms with van der Waals surface area (Å²) in [6.45, 7) is 4.82. The Hall–Kier alpha value is -1.62. The van der Waals surface area contributed by atoms with E-state index in [4.69, 9.17) is 10.8 Å². The minimum Gasteiger partial charge on any atom is -0.396 e. The normalized spacial score (nSPS) is 11.2. The second-order valence-corrected chi connectivity index (χ2v) is 4.76. The van der Waals surface area contributed by atoms with E-state index in [2.05, 4.69) is 10.3 Å². The number of anilines is 1. The van der Waals surface area contributed by atoms with Crippen LogP contribution >= 0.6 is 0 Å². The maximum Gasteiger partial charge on any atom is 0.252 e. The molecule has 0 unspecified atom stereocenters. The van der Waals surface area contributed by atoms with Crippen LogP contribution in [-0.2, 0) is 0 Å². The lowest BCUT2D eigenvalue weighted by atomic mass is 9.90. The van der Waals surface area contributed by atoms with Gasteiger partial charge in [-0.2, -0.15) is 0 Å². The van der Waals surface area contributed by atoms with Gasteiger partial charge < -0.3 is 16.2 Å². The summed E-state index contributed by atoms with van der Waals surface area (Å²) in [5.41, 5.74) is 5.57. The molecule has 5 heteroatoms. The van der Waals surface area contributed by atoms with Crippen molar-refractivity contribution in [3.05, 3.63) is 23.9 Å². The van der Waals surface area contributed by atoms with Gasteiger partial charge >= 0.3 is 0 Å². The van der Waals surface area contributed by atoms with Crippen molar-refractivity contribution in [2.45, 2.75) is 20.3 Å². The van der Waals surface area contributed by atoms with Crippen molar-refractivity contribution < 1.29 is 9.90 Å². The number of rotatable bonds is 6. The summed E-state index contributed by atoms with van der Waals surface area (Å²) in [6.07, 6.45) is 2.28. The predicted octanol–water partition coefficient (Wildman–Crippen LogP) is 1.00. The predicted molar refractivity (Wildman–Crippen MR) is 66.7 cm³/mol. The molecule has 94 valence electrons. The summed E-state index contributed by atoms with van der Waals surface area (Å²) >= 11 is 0. The number of hydrogen-bond acceptors (Lipinski definition) is 4. The van der Waals surface area contributed by atoms with Crippen LogP contribution in [0.3, 0.4) is 0 Å². The quantitative estimate of drug-likeness (QED) is 0.688. The van der Waals surface area contributed by atoms with Crippen LogP contribution in [0.2, 0.25) is 0 Å². The molecule has 1 amide bonds. The molecule has 5 nitrogen and oxygen atoms in total. The number of nitrogens with zero attached hydrogens (tertiary/aromatic N) is 1. The fourth-order valence-corrected chi connectivity index (χ4v) is 1.46. The molecule has 0 spiro atoms. The van der Waals surface area contributed by atoms with Gasteiger partial charge in [-0.3, -0.25) is 4.79 Å². The van der Waals surface area contributed by atoms with Gasteiger partial charge in [-0.05, 0) is 24.0 Å². The molecule has 4 N–H and O–H groups in total. The van der Waals surface area contributed by atoms with E-state index in [1.165, 1.54) is 0 Å². The molecule has 0 saturated heterocycles. The van der Waals surface area contributed by atoms with Crippen molar-refractivity contribution in [2.75, 3.05) is 18.5 Å². The molecule has 17 heavy (non-hydrogen) atoms. The Morgan fingerprint density at radius 2 is 2.29 bits per heavy atom. The summed E-state index contributed by atoms with van der Waals surface area (Å²) in [5.74, 6) is -0.00780. The lowest BCUT2D eigenvalue weighted by Gasteiger charge is -2.24. The fraction of sp³-hybridized carbons (Fsp3) is 0.500. The second kappa shape index (κ2) is 5.63. The van der Waals surface area contributed by atoms with Gasteiger partial charge in [-0.1, -0.05) is 13.8 Å². The number of carbonyl (C=O) groups excluding carboxylic acids is 1. The van der Waals surface area contributed by atoms with E-state index in [9.17, 15) is 4.79 Å². The molecule has 0 atom stereocenters. The SMILES string of the molecule is CC(C)(CCO)CNc1ncccc1C(N)=O. The van der Waals surface area contributed by atoms with Crippen LogP contribution in [0.4, 0.5) is 5.82 Å². The number of aliphatic hydroxyl groups excluding tert-OH is 1. The van der Waals surface area contributed by atoms with Crippen LogP contribution in [0.1, 0.15) is 30.6 Å². The summed E-state index contributed by atoms with van der Waals surface area (Å²) in [5, 5.41) is 12.0. The zero-order valence-electron chi connectivity index (χ0n) is 10.2. The van der Waals surface area contributed by atoms with Gasteiger partial charge in [0.1, 0.15) is 5.82 Å². The number of nitrogens with one attached hydrogen (secondary N) is 1. The van der Waals surface area contributed by atoms with E-state index >= 15 is 0 Å². The van der Waals surface area contributed by atoms with E-state index in [1.54, 1.807) is 18.3 Å². The highest BCUT2D eigenvalue weighted by Crippen LogP contribution is 2.21. The van der Waals surface area contributed by atoms with Crippen molar-refractivity contribution in [3.8, 4) is 0 Å². The second-order valence-electron chi connectivity index (χ2n) is 4.76. The molecule has 1 rings (SSSR count). The summed E-state index contributed by atoms with van der Waals surface area (Å²) in [7, 11) is 0. The van der Waals surface area contributed by atoms with E-state index in [-0.39, 0.29) is 12.0 Å². The van der Waals surface area contributed by atoms with E-state index < -0.39 is 5.91 Å². The highest BCUT2D eigenvalue weighted by molar-refractivity contribution is 5.97. The smallest absolute Gasteiger partial charge is 0.252 e. The topological polar surface area (TPSA) is 88.2 Å². The first-order valence-electron chi connectivity index (χ1n) is 5.56. The zero-order valence-corrected chi connectivity index (χ0v) is 10.2. The molecule has 1 aromatic heterocycles. The van der Waals surface area contributed by atoms with Gasteiger partial charge in [0.15, 0.2) is 0 Å². The number of aromatic nitrogens is 1. The summed E-state index contributed by atoms with van der Waals surface area (Å²) in [4.78, 5) is 15.3. The monoisotopic (exact) mass is 237 g/mol. The van der Waals surface area contributed by atoms with E-state index in [1.807, 2.05) is 13.8 Å². The number of aliphatic hydroxyl groups is 1. The molecule has 1 aromatic rings. The summed E-state index contributed by atoms with van der Waals surface area (Å²) < 4.78 is 0. The van der Waals surface area contributed by atoms with E-state index in [0.717, 1.165) is 0 Å². The third kappa shape index (κ3) is 4.03. The number of pyridine rings is 1. The van der Waals surface area contributed by atoms with Crippen LogP contribution in [0.25, 0.3) is 0 Å². The van der Waals surface area contributed by atoms with Gasteiger partial charge in [0.25, 0.3) is 5.91 Å². The molecule has 0 aliphatic rings. The summed E-state index contributed by atoms with van der Waals surface area (Å²) in [6, 6.07) is 3.31. The van der Waals surface area contributed by atoms with Crippen molar-refractivity contribution in [2.24, 2.45) is 11.1 Å². The molecule has 0 aliphatic heterocycles. The Morgan fingerprint density at radius 3 is 2.88 bits per heavy atom. The largest absolute Gasteiger partial charge is 0.396 e. The number of hydrogen-bond donors (Lipinski definition) is 3. The third-order valence-electron chi connectivity index (χ3n) is 2.60. The lowest BCUT2D eigenvalue weighted by Crippen LogP contribution is -2.26. The highest BCUT2D eigenvalue weighted by Gasteiger charge is 2.18. The zero-order chi connectivity index (χ0) is 12.9. The Kier molecular flexibility index (Phi) is 4.45. The number of primary amides is 1. The molecule has 0 aliphatic carbocycles. The molecular formula is C12H19N3O2. The van der Waals surface area contributed by atoms with Gasteiger partial charge in [-0.15, -0.1) is 0 Å². The molecule has 0 saturated carbocycles. The van der Waals surface area contributed by atoms with Crippen molar-refractivity contribution in [1.29, 1.82) is 0 Å². The van der Waals surface area contributed by atoms with Gasteiger partial charge in [0, 0.05) is 19.3 Å². The first-order valence-corrected chi connectivity index (χ1v) is 5.56. The Labute approximate surface area is 101 Å². The number of nitrogens with two attached hydrogens (primary N) is 1. The third-order valence-corrected chi connectivity index (χ3v) is 2.60. The van der Waals surface area contributed by atoms with Crippen LogP contribution < -0.4 is 11.1 Å². The van der Waals surface area contributed by atoms with Crippen molar-refractivity contribution in [3.63, 3.8) is 0 Å². The standard InChI is InChI=1S/C12H19N3O2/c1-12(2,5-7-16)8-15-11-9(10(13)17)4-3-6-14-11/h3-4,6,16H,5,7-8H2,1-2H3,(H2,13,17)(H,14,15). The van der Waals surface area contributed by atoms with Crippen LogP contribution in [0, 0.1) is 5.41 Å². The lowest BCUT2D eigenvalue weighted by molar-refractivity contribution is 0.100. The number of carbonyl (C=O) groups is 1. The molecule has 0 aromatic carbocycles. The fourth-order valence-electron chi connectivity index (χ4n) is 1.46. The maximum absolute atomic E-state index is 11.2. The highest BCUT2D eigenvalue weighted by atomic mass is 16.3. The van der Waals surface area contributed by atoms with Gasteiger partial charge in [0.05, 0.1) is 5.56 Å². The molecule has 0 radical (unpaired) electrons. The van der Waals surface area contributed by atoms with Crippen molar-refractivity contribution in [1.82, 2.24) is 4.98 Å². The molecular weight excluding hydrogens is 218 g/mol. The van der Waals surface area contributed by atoms with Crippen LogP contribution in [0.15, 0.2) is 18.3 Å². The first kappa shape index (κ1) is 13.4. The van der Waals surface area contributed by atoms with Crippen molar-refractivity contribution >= 4 is 11.7 Å². The van der Waals surface area contributed by atoms with Gasteiger partial charge in [0.2, 0.25) is 0 Å². The minimum atomic E-state index is -0.499. The molecule has 0 fully saturated rings. The number of amides is 1. The van der Waals surface area contributed by atoms with Gasteiger partial charge in [-0.25, -0.2) is 4.98 Å². The average molecular weight is 237 g/mol. The Morgan fingerprint density at radius 1 is 1.59 bits per heavy atom. The maximum atomic E-state index is 11.2. The Balaban J connectivity index is 2.72. The molecule has 1 heterocycles. The van der Waals surface area contributed by atoms with Crippen LogP contribution in [0.5, 0.6) is 0 Å². The Bertz CT molecular complexity index is 391. The minimum absolute atomic E-state index is 0.0683. The van der Waals surface area contributed by atoms with E-state index in [0.29, 0.717) is 24.3 Å².